The number of nitrogens with zero attached hydrogens (tertiary/aromatic N) is 2. The highest BCUT2D eigenvalue weighted by Gasteiger charge is 2.07. The zero-order valence-corrected chi connectivity index (χ0v) is 7.74. The molecule has 1 atom stereocenters. The molecule has 1 heterocycles. The van der Waals surface area contributed by atoms with Gasteiger partial charge < -0.3 is 5.73 Å². The van der Waals surface area contributed by atoms with Crippen molar-refractivity contribution in [1.29, 1.82) is 0 Å². The van der Waals surface area contributed by atoms with Gasteiger partial charge in [0.15, 0.2) is 0 Å². The van der Waals surface area contributed by atoms with Gasteiger partial charge in [-0.2, -0.15) is 0 Å². The van der Waals surface area contributed by atoms with Crippen LogP contribution in [0.2, 0.25) is 0 Å². The first-order valence-corrected chi connectivity index (χ1v) is 5.35. The van der Waals surface area contributed by atoms with Crippen molar-refractivity contribution in [3.63, 3.8) is 0 Å². The third-order valence-corrected chi connectivity index (χ3v) is 3.61. The monoisotopic (exact) mass is 191 g/mol. The van der Waals surface area contributed by atoms with E-state index in [0.717, 1.165) is 6.42 Å². The molecule has 0 aliphatic heterocycles. The number of hydrogen-bond acceptors (Lipinski definition) is 5. The van der Waals surface area contributed by atoms with E-state index >= 15 is 0 Å². The lowest BCUT2D eigenvalue weighted by atomic mass is 10.6. The molecule has 0 saturated carbocycles. The molecule has 4 nitrogen and oxygen atoms in total. The second-order valence-corrected chi connectivity index (χ2v) is 4.71. The van der Waals surface area contributed by atoms with Crippen LogP contribution in [0.25, 0.3) is 0 Å². The van der Waals surface area contributed by atoms with Gasteiger partial charge in [-0.05, 0) is 6.42 Å². The standard InChI is InChI=1S/C5H9N3OS2/c1-2-3-11(9)5-8-7-4(6)10-5/h2-3H2,1H3,(H2,6,7). The molecule has 0 aliphatic carbocycles. The normalized spacial score (nSPS) is 13.2. The van der Waals surface area contributed by atoms with Crippen LogP contribution in [0.15, 0.2) is 4.34 Å². The van der Waals surface area contributed by atoms with Crippen molar-refractivity contribution < 1.29 is 4.21 Å². The fourth-order valence-corrected chi connectivity index (χ4v) is 2.48. The maximum atomic E-state index is 11.2. The number of nitrogen functional groups attached to an aromatic ring is 1. The Morgan fingerprint density at radius 1 is 1.64 bits per heavy atom. The zero-order chi connectivity index (χ0) is 8.27. The zero-order valence-electron chi connectivity index (χ0n) is 6.11. The lowest BCUT2D eigenvalue weighted by Crippen LogP contribution is -1.95. The second-order valence-electron chi connectivity index (χ2n) is 1.96. The molecule has 0 fully saturated rings. The third kappa shape index (κ3) is 2.23. The fraction of sp³-hybridized carbons (Fsp3) is 0.600. The summed E-state index contributed by atoms with van der Waals surface area (Å²) in [5.74, 6) is 0.634. The molecule has 62 valence electrons. The first-order valence-electron chi connectivity index (χ1n) is 3.21. The van der Waals surface area contributed by atoms with E-state index in [2.05, 4.69) is 10.2 Å². The van der Waals surface area contributed by atoms with Crippen molar-refractivity contribution in [2.45, 2.75) is 17.7 Å². The molecule has 0 saturated heterocycles. The van der Waals surface area contributed by atoms with E-state index in [4.69, 9.17) is 5.73 Å². The predicted molar refractivity (Wildman–Crippen MR) is 45.9 cm³/mol. The molecule has 0 radical (unpaired) electrons. The van der Waals surface area contributed by atoms with Gasteiger partial charge in [0, 0.05) is 5.75 Å². The van der Waals surface area contributed by atoms with Gasteiger partial charge in [-0.15, -0.1) is 10.2 Å². The summed E-state index contributed by atoms with van der Waals surface area (Å²) in [7, 11) is -0.998. The maximum absolute atomic E-state index is 11.2. The predicted octanol–water partition coefficient (Wildman–Crippen LogP) is 0.638. The van der Waals surface area contributed by atoms with Crippen molar-refractivity contribution in [2.24, 2.45) is 0 Å². The van der Waals surface area contributed by atoms with Crippen molar-refractivity contribution in [3.8, 4) is 0 Å². The van der Waals surface area contributed by atoms with Gasteiger partial charge in [0.25, 0.3) is 0 Å². The highest BCUT2D eigenvalue weighted by Crippen LogP contribution is 2.15. The highest BCUT2D eigenvalue weighted by atomic mass is 32.2. The van der Waals surface area contributed by atoms with Crippen LogP contribution in [-0.4, -0.2) is 20.2 Å². The quantitative estimate of drug-likeness (QED) is 0.761. The molecule has 0 bridgehead atoms. The van der Waals surface area contributed by atoms with Crippen LogP contribution < -0.4 is 5.73 Å². The van der Waals surface area contributed by atoms with Crippen LogP contribution >= 0.6 is 11.3 Å². The van der Waals surface area contributed by atoms with Gasteiger partial charge in [0.1, 0.15) is 0 Å². The molecule has 0 aliphatic rings. The van der Waals surface area contributed by atoms with Crippen LogP contribution in [0, 0.1) is 0 Å². The Morgan fingerprint density at radius 2 is 2.36 bits per heavy atom. The minimum atomic E-state index is -0.998. The average Bonchev–Trinajstić information content (AvgIpc) is 2.36. The molecule has 11 heavy (non-hydrogen) atoms. The van der Waals surface area contributed by atoms with Gasteiger partial charge in [0.2, 0.25) is 9.47 Å². The Bertz CT molecular complexity index is 260. The summed E-state index contributed by atoms with van der Waals surface area (Å²) >= 11 is 1.19. The summed E-state index contributed by atoms with van der Waals surface area (Å²) in [6.07, 6.45) is 0.881. The first kappa shape index (κ1) is 8.61. The van der Waals surface area contributed by atoms with Crippen LogP contribution in [0.3, 0.4) is 0 Å². The topological polar surface area (TPSA) is 68.9 Å². The number of anilines is 1. The van der Waals surface area contributed by atoms with E-state index in [1.165, 1.54) is 11.3 Å². The van der Waals surface area contributed by atoms with E-state index in [0.29, 0.717) is 15.2 Å². The minimum absolute atomic E-state index is 0.379. The average molecular weight is 191 g/mol. The smallest absolute Gasteiger partial charge is 0.206 e. The lowest BCUT2D eigenvalue weighted by Gasteiger charge is -1.90. The Labute approximate surface area is 71.3 Å². The van der Waals surface area contributed by atoms with Gasteiger partial charge in [0.05, 0.1) is 10.8 Å². The van der Waals surface area contributed by atoms with Crippen molar-refractivity contribution in [3.05, 3.63) is 0 Å². The second kappa shape index (κ2) is 3.77. The largest absolute Gasteiger partial charge is 0.374 e. The number of nitrogens with two attached hydrogens (primary N) is 1. The van der Waals surface area contributed by atoms with Crippen LogP contribution in [0.1, 0.15) is 13.3 Å². The molecule has 2 N–H and O–H groups in total. The number of rotatable bonds is 3. The van der Waals surface area contributed by atoms with E-state index in [1.807, 2.05) is 6.92 Å². The summed E-state index contributed by atoms with van der Waals surface area (Å²) in [5, 5.41) is 7.63. The highest BCUT2D eigenvalue weighted by molar-refractivity contribution is 7.87. The number of hydrogen-bond donors (Lipinski definition) is 1. The molecular formula is C5H9N3OS2. The molecule has 0 amide bonds. The summed E-state index contributed by atoms with van der Waals surface area (Å²) in [4.78, 5) is 0. The molecule has 1 aromatic rings. The van der Waals surface area contributed by atoms with Crippen LogP contribution in [-0.2, 0) is 10.8 Å². The van der Waals surface area contributed by atoms with Gasteiger partial charge in [-0.1, -0.05) is 18.3 Å². The van der Waals surface area contributed by atoms with E-state index < -0.39 is 10.8 Å². The summed E-state index contributed by atoms with van der Waals surface area (Å²) in [6.45, 7) is 1.97. The van der Waals surface area contributed by atoms with Gasteiger partial charge >= 0.3 is 0 Å². The van der Waals surface area contributed by atoms with Gasteiger partial charge in [-0.3, -0.25) is 4.21 Å². The Hall–Kier alpha value is -0.490. The molecular weight excluding hydrogens is 182 g/mol. The number of aromatic nitrogens is 2. The lowest BCUT2D eigenvalue weighted by molar-refractivity contribution is 0.680. The van der Waals surface area contributed by atoms with Crippen LogP contribution in [0.4, 0.5) is 5.13 Å². The fourth-order valence-electron chi connectivity index (χ4n) is 0.585. The molecule has 1 rings (SSSR count). The molecule has 0 spiro atoms. The molecule has 6 heteroatoms. The molecule has 0 aromatic carbocycles. The van der Waals surface area contributed by atoms with Crippen molar-refractivity contribution in [1.82, 2.24) is 10.2 Å². The Kier molecular flexibility index (Phi) is 2.95. The van der Waals surface area contributed by atoms with E-state index in [1.54, 1.807) is 0 Å². The SMILES string of the molecule is CCCS(=O)c1nnc(N)s1. The maximum Gasteiger partial charge on any atom is 0.206 e. The summed E-state index contributed by atoms with van der Waals surface area (Å²) < 4.78 is 11.8. The first-order chi connectivity index (χ1) is 5.24. The van der Waals surface area contributed by atoms with E-state index in [9.17, 15) is 4.21 Å². The van der Waals surface area contributed by atoms with E-state index in [-0.39, 0.29) is 0 Å². The summed E-state index contributed by atoms with van der Waals surface area (Å²) in [5.41, 5.74) is 5.32. The molecule has 1 aromatic heterocycles. The summed E-state index contributed by atoms with van der Waals surface area (Å²) in [6, 6.07) is 0. The van der Waals surface area contributed by atoms with Crippen molar-refractivity contribution in [2.75, 3.05) is 11.5 Å². The van der Waals surface area contributed by atoms with Crippen LogP contribution in [0.5, 0.6) is 0 Å². The Morgan fingerprint density at radius 3 is 2.82 bits per heavy atom. The van der Waals surface area contributed by atoms with Gasteiger partial charge in [-0.25, -0.2) is 0 Å². The third-order valence-electron chi connectivity index (χ3n) is 1.01. The molecule has 1 unspecified atom stereocenters. The minimum Gasteiger partial charge on any atom is -0.374 e. The van der Waals surface area contributed by atoms with Crippen molar-refractivity contribution >= 4 is 27.3 Å². The Balaban J connectivity index is 2.69.